The molecular weight excluding hydrogens is 404 g/mol. The van der Waals surface area contributed by atoms with E-state index < -0.39 is 0 Å². The third kappa shape index (κ3) is 5.16. The maximum Gasteiger partial charge on any atom is 0.260 e. The molecule has 32 heavy (non-hydrogen) atoms. The summed E-state index contributed by atoms with van der Waals surface area (Å²) < 4.78 is 11.2. The number of piperazine rings is 1. The number of aromatic nitrogens is 2. The van der Waals surface area contributed by atoms with Gasteiger partial charge in [-0.15, -0.1) is 0 Å². The van der Waals surface area contributed by atoms with Crippen molar-refractivity contribution >= 4 is 5.91 Å². The highest BCUT2D eigenvalue weighted by atomic mass is 16.5. The van der Waals surface area contributed by atoms with E-state index in [4.69, 9.17) is 9.26 Å². The zero-order valence-electron chi connectivity index (χ0n) is 19.0. The van der Waals surface area contributed by atoms with Crippen molar-refractivity contribution in [2.24, 2.45) is 0 Å². The van der Waals surface area contributed by atoms with Gasteiger partial charge < -0.3 is 14.2 Å². The number of aryl methyl sites for hydroxylation is 2. The van der Waals surface area contributed by atoms with Crippen LogP contribution in [0.1, 0.15) is 36.9 Å². The van der Waals surface area contributed by atoms with Gasteiger partial charge in [-0.2, -0.15) is 4.98 Å². The van der Waals surface area contributed by atoms with Gasteiger partial charge in [0.1, 0.15) is 5.75 Å². The molecule has 4 rings (SSSR count). The van der Waals surface area contributed by atoms with Crippen LogP contribution in [-0.4, -0.2) is 58.6 Å². The van der Waals surface area contributed by atoms with Gasteiger partial charge in [-0.25, -0.2) is 0 Å². The summed E-state index contributed by atoms with van der Waals surface area (Å²) in [5.74, 6) is 1.93. The van der Waals surface area contributed by atoms with Gasteiger partial charge in [0.2, 0.25) is 11.7 Å². The molecule has 0 spiro atoms. The summed E-state index contributed by atoms with van der Waals surface area (Å²) in [4.78, 5) is 21.3. The highest BCUT2D eigenvalue weighted by Crippen LogP contribution is 2.24. The topological polar surface area (TPSA) is 71.7 Å². The fourth-order valence-corrected chi connectivity index (χ4v) is 3.80. The summed E-state index contributed by atoms with van der Waals surface area (Å²) in [7, 11) is 0. The van der Waals surface area contributed by atoms with E-state index in [1.54, 1.807) is 0 Å². The van der Waals surface area contributed by atoms with Crippen LogP contribution in [0.4, 0.5) is 0 Å². The quantitative estimate of drug-likeness (QED) is 0.562. The molecule has 7 nitrogen and oxygen atoms in total. The lowest BCUT2D eigenvalue weighted by molar-refractivity contribution is -0.135. The minimum Gasteiger partial charge on any atom is -0.484 e. The summed E-state index contributed by atoms with van der Waals surface area (Å²) in [5, 5.41) is 4.15. The second-order valence-corrected chi connectivity index (χ2v) is 8.20. The van der Waals surface area contributed by atoms with Gasteiger partial charge in [0.25, 0.3) is 5.91 Å². The Bertz CT molecular complexity index is 1020. The molecule has 1 unspecified atom stereocenters. The van der Waals surface area contributed by atoms with Crippen LogP contribution in [0.5, 0.6) is 5.75 Å². The van der Waals surface area contributed by atoms with E-state index in [0.29, 0.717) is 24.8 Å². The molecule has 0 radical (unpaired) electrons. The molecule has 3 aromatic rings. The Kier molecular flexibility index (Phi) is 6.85. The number of rotatable bonds is 7. The largest absolute Gasteiger partial charge is 0.484 e. The number of carbonyl (C=O) groups excluding carboxylic acids is 1. The molecule has 1 atom stereocenters. The van der Waals surface area contributed by atoms with Gasteiger partial charge in [-0.05, 0) is 38.0 Å². The van der Waals surface area contributed by atoms with Gasteiger partial charge in [-0.3, -0.25) is 9.69 Å². The molecule has 0 saturated carbocycles. The van der Waals surface area contributed by atoms with Gasteiger partial charge in [-0.1, -0.05) is 54.0 Å². The Hall–Kier alpha value is -3.19. The maximum absolute atomic E-state index is 12.6. The van der Waals surface area contributed by atoms with Crippen molar-refractivity contribution in [3.63, 3.8) is 0 Å². The summed E-state index contributed by atoms with van der Waals surface area (Å²) >= 11 is 0. The minimum absolute atomic E-state index is 0.00715. The molecule has 1 fully saturated rings. The Morgan fingerprint density at radius 2 is 1.75 bits per heavy atom. The van der Waals surface area contributed by atoms with Crippen molar-refractivity contribution in [1.29, 1.82) is 0 Å². The fraction of sp³-hybridized carbons (Fsp3) is 0.400. The standard InChI is InChI=1S/C25H30N4O3/c1-4-20-7-11-22(12-8-20)31-17-23(30)29-15-13-28(14-16-29)19(3)25-26-24(27-32-25)21-9-5-18(2)6-10-21/h5-12,19H,4,13-17H2,1-3H3. The highest BCUT2D eigenvalue weighted by Gasteiger charge is 2.28. The van der Waals surface area contributed by atoms with Crippen LogP contribution < -0.4 is 4.74 Å². The van der Waals surface area contributed by atoms with Crippen LogP contribution in [0.2, 0.25) is 0 Å². The average molecular weight is 435 g/mol. The van der Waals surface area contributed by atoms with E-state index in [-0.39, 0.29) is 18.6 Å². The van der Waals surface area contributed by atoms with E-state index >= 15 is 0 Å². The van der Waals surface area contributed by atoms with Gasteiger partial charge in [0.15, 0.2) is 6.61 Å². The first kappa shape index (κ1) is 22.0. The second kappa shape index (κ2) is 9.96. The number of amides is 1. The van der Waals surface area contributed by atoms with Gasteiger partial charge in [0.05, 0.1) is 6.04 Å². The molecule has 0 N–H and O–H groups in total. The van der Waals surface area contributed by atoms with Crippen molar-refractivity contribution in [1.82, 2.24) is 19.9 Å². The van der Waals surface area contributed by atoms with Crippen molar-refractivity contribution in [2.75, 3.05) is 32.8 Å². The van der Waals surface area contributed by atoms with Crippen LogP contribution in [0, 0.1) is 6.92 Å². The first-order chi connectivity index (χ1) is 15.5. The van der Waals surface area contributed by atoms with Crippen LogP contribution >= 0.6 is 0 Å². The lowest BCUT2D eigenvalue weighted by Crippen LogP contribution is -2.50. The molecule has 1 amide bonds. The number of nitrogens with zero attached hydrogens (tertiary/aromatic N) is 4. The maximum atomic E-state index is 12.6. The monoisotopic (exact) mass is 434 g/mol. The first-order valence-electron chi connectivity index (χ1n) is 11.2. The van der Waals surface area contributed by atoms with E-state index in [9.17, 15) is 4.79 Å². The number of ether oxygens (including phenoxy) is 1. The lowest BCUT2D eigenvalue weighted by atomic mass is 10.1. The molecule has 2 heterocycles. The van der Waals surface area contributed by atoms with Crippen LogP contribution in [0.15, 0.2) is 53.1 Å². The third-order valence-corrected chi connectivity index (χ3v) is 6.02. The average Bonchev–Trinajstić information content (AvgIpc) is 3.33. The van der Waals surface area contributed by atoms with Crippen molar-refractivity contribution in [2.45, 2.75) is 33.2 Å². The van der Waals surface area contributed by atoms with E-state index in [1.807, 2.05) is 60.4 Å². The van der Waals surface area contributed by atoms with E-state index in [0.717, 1.165) is 30.8 Å². The van der Waals surface area contributed by atoms with Crippen molar-refractivity contribution < 1.29 is 14.1 Å². The molecule has 2 aromatic carbocycles. The Morgan fingerprint density at radius 3 is 2.41 bits per heavy atom. The van der Waals surface area contributed by atoms with Crippen LogP contribution in [-0.2, 0) is 11.2 Å². The molecule has 1 saturated heterocycles. The zero-order chi connectivity index (χ0) is 22.5. The van der Waals surface area contributed by atoms with Crippen molar-refractivity contribution in [3.05, 3.63) is 65.5 Å². The van der Waals surface area contributed by atoms with Crippen molar-refractivity contribution in [3.8, 4) is 17.1 Å². The molecule has 1 aromatic heterocycles. The Morgan fingerprint density at radius 1 is 1.06 bits per heavy atom. The molecule has 1 aliphatic heterocycles. The minimum atomic E-state index is -0.00715. The molecule has 0 bridgehead atoms. The van der Waals surface area contributed by atoms with Gasteiger partial charge >= 0.3 is 0 Å². The number of benzene rings is 2. The summed E-state index contributed by atoms with van der Waals surface area (Å²) in [6, 6.07) is 16.0. The Labute approximate surface area is 189 Å². The smallest absolute Gasteiger partial charge is 0.260 e. The van der Waals surface area contributed by atoms with Crippen LogP contribution in [0.3, 0.4) is 0 Å². The summed E-state index contributed by atoms with van der Waals surface area (Å²) in [6.07, 6.45) is 0.985. The summed E-state index contributed by atoms with van der Waals surface area (Å²) in [5.41, 5.74) is 3.39. The Balaban J connectivity index is 1.27. The predicted molar refractivity (Wildman–Crippen MR) is 122 cm³/mol. The molecule has 7 heteroatoms. The van der Waals surface area contributed by atoms with Crippen LogP contribution in [0.25, 0.3) is 11.4 Å². The number of hydrogen-bond acceptors (Lipinski definition) is 6. The van der Waals surface area contributed by atoms with E-state index in [2.05, 4.69) is 28.9 Å². The summed E-state index contributed by atoms with van der Waals surface area (Å²) in [6.45, 7) is 9.09. The third-order valence-electron chi connectivity index (χ3n) is 6.02. The van der Waals surface area contributed by atoms with Gasteiger partial charge in [0, 0.05) is 31.7 Å². The zero-order valence-corrected chi connectivity index (χ0v) is 19.0. The lowest BCUT2D eigenvalue weighted by Gasteiger charge is -2.36. The normalized spacial score (nSPS) is 15.5. The molecule has 1 aliphatic rings. The SMILES string of the molecule is CCc1ccc(OCC(=O)N2CCN(C(C)c3nc(-c4ccc(C)cc4)no3)CC2)cc1. The first-order valence-corrected chi connectivity index (χ1v) is 11.2. The number of carbonyl (C=O) groups is 1. The predicted octanol–water partition coefficient (Wildman–Crippen LogP) is 3.89. The fourth-order valence-electron chi connectivity index (χ4n) is 3.80. The molecule has 0 aliphatic carbocycles. The second-order valence-electron chi connectivity index (χ2n) is 8.20. The van der Waals surface area contributed by atoms with E-state index in [1.165, 1.54) is 11.1 Å². The number of hydrogen-bond donors (Lipinski definition) is 0. The molecular formula is C25H30N4O3. The highest BCUT2D eigenvalue weighted by molar-refractivity contribution is 5.77. The molecule has 168 valence electrons.